The van der Waals surface area contributed by atoms with Gasteiger partial charge in [0.2, 0.25) is 0 Å². The van der Waals surface area contributed by atoms with Crippen molar-refractivity contribution in [1.82, 2.24) is 0 Å². The van der Waals surface area contributed by atoms with E-state index in [1.165, 1.54) is 0 Å². The zero-order chi connectivity index (χ0) is 14.4. The first-order valence-corrected chi connectivity index (χ1v) is 6.07. The Hall–Kier alpha value is -1.93. The van der Waals surface area contributed by atoms with Crippen LogP contribution in [0.25, 0.3) is 0 Å². The van der Waals surface area contributed by atoms with Crippen molar-refractivity contribution in [2.75, 3.05) is 21.3 Å². The highest BCUT2D eigenvalue weighted by Gasteiger charge is 2.23. The predicted molar refractivity (Wildman–Crippen MR) is 72.4 cm³/mol. The van der Waals surface area contributed by atoms with Crippen LogP contribution in [0.2, 0.25) is 0 Å². The number of methoxy groups -OCH3 is 3. The second-order valence-corrected chi connectivity index (χ2v) is 4.12. The third-order valence-electron chi connectivity index (χ3n) is 3.13. The normalized spacial score (nSPS) is 13.3. The summed E-state index contributed by atoms with van der Waals surface area (Å²) in [6.07, 6.45) is 0.676. The number of hydrogen-bond acceptors (Lipinski definition) is 5. The molecule has 0 aliphatic rings. The van der Waals surface area contributed by atoms with Crippen LogP contribution in [0.15, 0.2) is 12.1 Å². The average molecular weight is 264 g/mol. The monoisotopic (exact) mass is 264 g/mol. The molecular weight excluding hydrogens is 244 g/mol. The van der Waals surface area contributed by atoms with Crippen molar-refractivity contribution in [2.45, 2.75) is 19.4 Å². The van der Waals surface area contributed by atoms with Crippen LogP contribution in [0, 0.1) is 17.2 Å². The molecule has 5 nitrogen and oxygen atoms in total. The molecule has 0 fully saturated rings. The van der Waals surface area contributed by atoms with E-state index in [9.17, 15) is 0 Å². The van der Waals surface area contributed by atoms with Crippen molar-refractivity contribution in [1.29, 1.82) is 5.26 Å². The summed E-state index contributed by atoms with van der Waals surface area (Å²) >= 11 is 0. The maximum atomic E-state index is 9.12. The Morgan fingerprint density at radius 2 is 1.63 bits per heavy atom. The second kappa shape index (κ2) is 6.86. The first kappa shape index (κ1) is 15.1. The molecule has 0 amide bonds. The summed E-state index contributed by atoms with van der Waals surface area (Å²) in [4.78, 5) is 0. The van der Waals surface area contributed by atoms with E-state index in [-0.39, 0.29) is 5.92 Å². The Kier molecular flexibility index (Phi) is 5.46. The molecule has 0 radical (unpaired) electrons. The fourth-order valence-corrected chi connectivity index (χ4v) is 1.96. The van der Waals surface area contributed by atoms with Crippen molar-refractivity contribution in [3.8, 4) is 23.3 Å². The second-order valence-electron chi connectivity index (χ2n) is 4.12. The Balaban J connectivity index is 3.29. The van der Waals surface area contributed by atoms with Crippen molar-refractivity contribution in [3.63, 3.8) is 0 Å². The van der Waals surface area contributed by atoms with Crippen LogP contribution in [0.5, 0.6) is 17.2 Å². The van der Waals surface area contributed by atoms with Crippen LogP contribution >= 0.6 is 0 Å². The Morgan fingerprint density at radius 3 is 2.05 bits per heavy atom. The van der Waals surface area contributed by atoms with Gasteiger partial charge in [-0.05, 0) is 12.5 Å². The van der Waals surface area contributed by atoms with E-state index >= 15 is 0 Å². The highest BCUT2D eigenvalue weighted by atomic mass is 16.5. The highest BCUT2D eigenvalue weighted by Crippen LogP contribution is 2.38. The molecule has 2 N–H and O–H groups in total. The molecule has 5 heteroatoms. The minimum atomic E-state index is -0.426. The molecule has 0 aromatic heterocycles. The Labute approximate surface area is 113 Å². The molecule has 0 heterocycles. The molecule has 1 rings (SSSR count). The lowest BCUT2D eigenvalue weighted by Crippen LogP contribution is -2.20. The van der Waals surface area contributed by atoms with E-state index < -0.39 is 6.04 Å². The van der Waals surface area contributed by atoms with Gasteiger partial charge in [-0.1, -0.05) is 6.92 Å². The summed E-state index contributed by atoms with van der Waals surface area (Å²) in [7, 11) is 4.67. The van der Waals surface area contributed by atoms with Gasteiger partial charge in [0.05, 0.1) is 33.3 Å². The predicted octanol–water partition coefficient (Wildman–Crippen LogP) is 2.26. The van der Waals surface area contributed by atoms with Gasteiger partial charge in [-0.15, -0.1) is 0 Å². The zero-order valence-electron chi connectivity index (χ0n) is 11.8. The van der Waals surface area contributed by atoms with Gasteiger partial charge in [0.1, 0.15) is 5.75 Å². The highest BCUT2D eigenvalue weighted by molar-refractivity contribution is 5.52. The zero-order valence-corrected chi connectivity index (χ0v) is 11.8. The summed E-state index contributed by atoms with van der Waals surface area (Å²) in [5.41, 5.74) is 6.90. The first-order chi connectivity index (χ1) is 9.12. The van der Waals surface area contributed by atoms with Gasteiger partial charge in [-0.3, -0.25) is 0 Å². The van der Waals surface area contributed by atoms with Gasteiger partial charge in [-0.2, -0.15) is 5.26 Å². The molecule has 0 saturated carbocycles. The molecule has 2 unspecified atom stereocenters. The van der Waals surface area contributed by atoms with Gasteiger partial charge in [0.15, 0.2) is 11.5 Å². The topological polar surface area (TPSA) is 77.5 Å². The van der Waals surface area contributed by atoms with Gasteiger partial charge in [0.25, 0.3) is 0 Å². The molecule has 1 aromatic carbocycles. The first-order valence-electron chi connectivity index (χ1n) is 6.07. The van der Waals surface area contributed by atoms with Crippen molar-refractivity contribution >= 4 is 0 Å². The summed E-state index contributed by atoms with van der Waals surface area (Å²) in [6.45, 7) is 1.93. The van der Waals surface area contributed by atoms with Crippen molar-refractivity contribution in [2.24, 2.45) is 11.7 Å². The smallest absolute Gasteiger partial charge is 0.164 e. The molecule has 0 saturated heterocycles. The van der Waals surface area contributed by atoms with E-state index in [0.717, 1.165) is 5.56 Å². The molecular formula is C14H20N2O3. The molecule has 104 valence electrons. The van der Waals surface area contributed by atoms with Crippen LogP contribution < -0.4 is 19.9 Å². The van der Waals surface area contributed by atoms with Crippen LogP contribution in [0.3, 0.4) is 0 Å². The number of nitrogens with two attached hydrogens (primary N) is 1. The Bertz CT molecular complexity index is 468. The van der Waals surface area contributed by atoms with E-state index in [1.54, 1.807) is 33.5 Å². The third-order valence-corrected chi connectivity index (χ3v) is 3.13. The fourth-order valence-electron chi connectivity index (χ4n) is 1.96. The molecule has 2 atom stereocenters. The molecule has 0 spiro atoms. The average Bonchev–Trinajstić information content (AvgIpc) is 2.46. The number of nitrogens with zero attached hydrogens (tertiary/aromatic N) is 1. The van der Waals surface area contributed by atoms with Gasteiger partial charge in [0, 0.05) is 17.7 Å². The van der Waals surface area contributed by atoms with Crippen LogP contribution in [-0.2, 0) is 0 Å². The Morgan fingerprint density at radius 1 is 1.11 bits per heavy atom. The van der Waals surface area contributed by atoms with E-state index in [0.29, 0.717) is 23.7 Å². The lowest BCUT2D eigenvalue weighted by atomic mass is 9.92. The number of rotatable bonds is 6. The van der Waals surface area contributed by atoms with Crippen LogP contribution in [-0.4, -0.2) is 21.3 Å². The lowest BCUT2D eigenvalue weighted by molar-refractivity contribution is 0.344. The summed E-state index contributed by atoms with van der Waals surface area (Å²) in [5, 5.41) is 9.12. The van der Waals surface area contributed by atoms with Crippen LogP contribution in [0.4, 0.5) is 0 Å². The number of benzene rings is 1. The van der Waals surface area contributed by atoms with Crippen molar-refractivity contribution < 1.29 is 14.2 Å². The molecule has 0 aliphatic carbocycles. The number of hydrogen-bond donors (Lipinski definition) is 1. The van der Waals surface area contributed by atoms with Gasteiger partial charge >= 0.3 is 0 Å². The molecule has 0 bridgehead atoms. The number of nitriles is 1. The molecule has 19 heavy (non-hydrogen) atoms. The minimum absolute atomic E-state index is 0.271. The minimum Gasteiger partial charge on any atom is -0.496 e. The van der Waals surface area contributed by atoms with E-state index in [1.807, 2.05) is 6.92 Å². The van der Waals surface area contributed by atoms with E-state index in [4.69, 9.17) is 25.2 Å². The largest absolute Gasteiger partial charge is 0.496 e. The van der Waals surface area contributed by atoms with Crippen LogP contribution in [0.1, 0.15) is 24.9 Å². The summed E-state index contributed by atoms with van der Waals surface area (Å²) in [5.74, 6) is 1.47. The quantitative estimate of drug-likeness (QED) is 0.852. The fraction of sp³-hybridized carbons (Fsp3) is 0.500. The standard InChI is InChI=1S/C14H20N2O3/c1-5-9(8-15)14(16)10-6-12(18-3)13(19-4)7-11(10)17-2/h6-7,9,14H,5,16H2,1-4H3. The van der Waals surface area contributed by atoms with Crippen molar-refractivity contribution in [3.05, 3.63) is 17.7 Å². The van der Waals surface area contributed by atoms with E-state index in [2.05, 4.69) is 6.07 Å². The van der Waals surface area contributed by atoms with Gasteiger partial charge < -0.3 is 19.9 Å². The molecule has 1 aromatic rings. The maximum Gasteiger partial charge on any atom is 0.164 e. The molecule has 0 aliphatic heterocycles. The maximum absolute atomic E-state index is 9.12. The lowest BCUT2D eigenvalue weighted by Gasteiger charge is -2.21. The summed E-state index contributed by atoms with van der Waals surface area (Å²) in [6, 6.07) is 5.28. The third kappa shape index (κ3) is 3.09. The SMILES string of the molecule is CCC(C#N)C(N)c1cc(OC)c(OC)cc1OC. The summed E-state index contributed by atoms with van der Waals surface area (Å²) < 4.78 is 15.8. The number of ether oxygens (including phenoxy) is 3. The van der Waals surface area contributed by atoms with Gasteiger partial charge in [-0.25, -0.2) is 0 Å².